The molecular weight excluding hydrogens is 258 g/mol. The first kappa shape index (κ1) is 14.3. The predicted molar refractivity (Wildman–Crippen MR) is 67.6 cm³/mol. The van der Waals surface area contributed by atoms with E-state index >= 15 is 0 Å². The lowest BCUT2D eigenvalue weighted by Gasteiger charge is -2.13. The van der Waals surface area contributed by atoms with E-state index in [0.29, 0.717) is 11.4 Å². The number of carbonyl (C=O) groups excluding carboxylic acids is 1. The molecule has 1 unspecified atom stereocenters. The summed E-state index contributed by atoms with van der Waals surface area (Å²) in [6.07, 6.45) is -0.267. The Morgan fingerprint density at radius 2 is 2.17 bits per heavy atom. The van der Waals surface area contributed by atoms with Gasteiger partial charge in [0.15, 0.2) is 6.10 Å². The highest BCUT2D eigenvalue weighted by atomic mass is 35.5. The van der Waals surface area contributed by atoms with E-state index in [2.05, 4.69) is 0 Å². The molecule has 0 amide bonds. The normalized spacial score (nSPS) is 11.9. The van der Waals surface area contributed by atoms with Crippen LogP contribution in [-0.2, 0) is 9.53 Å². The average molecular weight is 272 g/mol. The lowest BCUT2D eigenvalue weighted by Crippen LogP contribution is -2.26. The summed E-state index contributed by atoms with van der Waals surface area (Å²) in [6.45, 7) is 1.81. The van der Waals surface area contributed by atoms with E-state index < -0.39 is 18.0 Å². The summed E-state index contributed by atoms with van der Waals surface area (Å²) in [5, 5.41) is 9.20. The Bertz CT molecular complexity index is 461. The van der Waals surface area contributed by atoms with Gasteiger partial charge in [0.1, 0.15) is 0 Å². The Morgan fingerprint density at radius 1 is 1.50 bits per heavy atom. The lowest BCUT2D eigenvalue weighted by molar-refractivity contribution is -0.147. The number of anilines is 1. The predicted octanol–water partition coefficient (Wildman–Crippen LogP) is 2.33. The molecule has 0 aromatic heterocycles. The van der Waals surface area contributed by atoms with Crippen LogP contribution in [0.4, 0.5) is 5.69 Å². The zero-order valence-corrected chi connectivity index (χ0v) is 10.6. The number of benzene rings is 1. The molecule has 0 fully saturated rings. The monoisotopic (exact) mass is 271 g/mol. The van der Waals surface area contributed by atoms with Crippen LogP contribution >= 0.6 is 11.6 Å². The average Bonchev–Trinajstić information content (AvgIpc) is 2.31. The Labute approximate surface area is 109 Å². The van der Waals surface area contributed by atoms with Gasteiger partial charge in [0.2, 0.25) is 0 Å². The minimum atomic E-state index is -1.16. The van der Waals surface area contributed by atoms with Gasteiger partial charge in [0, 0.05) is 0 Å². The van der Waals surface area contributed by atoms with Gasteiger partial charge >= 0.3 is 11.9 Å². The van der Waals surface area contributed by atoms with Crippen molar-refractivity contribution in [1.29, 1.82) is 0 Å². The summed E-state index contributed by atoms with van der Waals surface area (Å²) in [6, 6.07) is 4.25. The quantitative estimate of drug-likeness (QED) is 0.634. The second-order valence-corrected chi connectivity index (χ2v) is 4.16. The second kappa shape index (κ2) is 6.26. The molecule has 5 nitrogen and oxygen atoms in total. The van der Waals surface area contributed by atoms with Crippen molar-refractivity contribution in [3.63, 3.8) is 0 Å². The molecule has 18 heavy (non-hydrogen) atoms. The lowest BCUT2D eigenvalue weighted by atomic mass is 10.2. The minimum Gasteiger partial charge on any atom is -0.479 e. The van der Waals surface area contributed by atoms with Gasteiger partial charge in [-0.1, -0.05) is 24.9 Å². The number of carboxylic acids is 1. The van der Waals surface area contributed by atoms with E-state index in [1.807, 2.05) is 6.92 Å². The van der Waals surface area contributed by atoms with E-state index in [0.717, 1.165) is 0 Å². The van der Waals surface area contributed by atoms with Crippen LogP contribution in [0.3, 0.4) is 0 Å². The molecule has 0 aliphatic carbocycles. The van der Waals surface area contributed by atoms with Crippen molar-refractivity contribution < 1.29 is 19.4 Å². The van der Waals surface area contributed by atoms with Gasteiger partial charge in [-0.05, 0) is 24.6 Å². The Balaban J connectivity index is 2.80. The molecule has 1 atom stereocenters. The number of hydrogen-bond acceptors (Lipinski definition) is 4. The van der Waals surface area contributed by atoms with Gasteiger partial charge < -0.3 is 15.6 Å². The second-order valence-electron chi connectivity index (χ2n) is 3.76. The van der Waals surface area contributed by atoms with Crippen LogP contribution in [0.1, 0.15) is 30.1 Å². The van der Waals surface area contributed by atoms with Crippen molar-refractivity contribution in [2.24, 2.45) is 0 Å². The smallest absolute Gasteiger partial charge is 0.345 e. The molecule has 0 saturated carbocycles. The number of carbonyl (C=O) groups is 2. The van der Waals surface area contributed by atoms with Gasteiger partial charge in [0.05, 0.1) is 16.3 Å². The molecule has 6 heteroatoms. The maximum atomic E-state index is 11.7. The highest BCUT2D eigenvalue weighted by Gasteiger charge is 2.22. The van der Waals surface area contributed by atoms with E-state index in [4.69, 9.17) is 27.2 Å². The Kier molecular flexibility index (Phi) is 4.97. The number of carboxylic acid groups (broad SMARTS) is 1. The molecule has 0 aliphatic rings. The van der Waals surface area contributed by atoms with Crippen molar-refractivity contribution >= 4 is 29.2 Å². The fourth-order valence-electron chi connectivity index (χ4n) is 1.36. The molecule has 0 radical (unpaired) electrons. The zero-order valence-electron chi connectivity index (χ0n) is 9.85. The largest absolute Gasteiger partial charge is 0.479 e. The molecule has 0 saturated heterocycles. The topological polar surface area (TPSA) is 89.6 Å². The first-order valence-corrected chi connectivity index (χ1v) is 5.82. The van der Waals surface area contributed by atoms with Crippen LogP contribution in [0, 0.1) is 0 Å². The molecule has 0 heterocycles. The minimum absolute atomic E-state index is 0.180. The summed E-state index contributed by atoms with van der Waals surface area (Å²) in [4.78, 5) is 22.6. The third-order valence-electron chi connectivity index (χ3n) is 2.31. The fourth-order valence-corrected chi connectivity index (χ4v) is 1.48. The summed E-state index contributed by atoms with van der Waals surface area (Å²) in [7, 11) is 0. The summed E-state index contributed by atoms with van der Waals surface area (Å²) in [5.74, 6) is -1.88. The number of rotatable bonds is 5. The molecule has 98 valence electrons. The van der Waals surface area contributed by atoms with E-state index in [1.165, 1.54) is 18.2 Å². The number of esters is 1. The van der Waals surface area contributed by atoms with Crippen LogP contribution in [0.2, 0.25) is 5.02 Å². The Morgan fingerprint density at radius 3 is 2.67 bits per heavy atom. The van der Waals surface area contributed by atoms with Gasteiger partial charge in [0.25, 0.3) is 0 Å². The highest BCUT2D eigenvalue weighted by Crippen LogP contribution is 2.20. The SMILES string of the molecule is CCCC(OC(=O)c1ccc(Cl)c(N)c1)C(=O)O. The van der Waals surface area contributed by atoms with Crippen molar-refractivity contribution in [3.05, 3.63) is 28.8 Å². The first-order valence-electron chi connectivity index (χ1n) is 5.44. The standard InChI is InChI=1S/C12H14ClNO4/c1-2-3-10(11(15)16)18-12(17)7-4-5-8(13)9(14)6-7/h4-6,10H,2-3,14H2,1H3,(H,15,16). The third kappa shape index (κ3) is 3.63. The van der Waals surface area contributed by atoms with Crippen molar-refractivity contribution in [2.45, 2.75) is 25.9 Å². The number of hydrogen-bond donors (Lipinski definition) is 2. The summed E-state index contributed by atoms with van der Waals surface area (Å²) in [5.41, 5.74) is 5.98. The number of halogens is 1. The van der Waals surface area contributed by atoms with Crippen LogP contribution in [0.25, 0.3) is 0 Å². The van der Waals surface area contributed by atoms with Crippen molar-refractivity contribution in [3.8, 4) is 0 Å². The first-order chi connectivity index (χ1) is 8.45. The highest BCUT2D eigenvalue weighted by molar-refractivity contribution is 6.33. The molecule has 0 bridgehead atoms. The maximum absolute atomic E-state index is 11.7. The number of nitrogen functional groups attached to an aromatic ring is 1. The molecule has 1 aromatic carbocycles. The molecule has 1 aromatic rings. The third-order valence-corrected chi connectivity index (χ3v) is 2.65. The molecule has 3 N–H and O–H groups in total. The van der Waals surface area contributed by atoms with Gasteiger partial charge in [-0.2, -0.15) is 0 Å². The van der Waals surface area contributed by atoms with Gasteiger partial charge in [-0.3, -0.25) is 0 Å². The fraction of sp³-hybridized carbons (Fsp3) is 0.333. The zero-order chi connectivity index (χ0) is 13.7. The number of ether oxygens (including phenoxy) is 1. The number of aliphatic carboxylic acids is 1. The van der Waals surface area contributed by atoms with Crippen LogP contribution in [-0.4, -0.2) is 23.1 Å². The van der Waals surface area contributed by atoms with E-state index in [1.54, 1.807) is 0 Å². The Hall–Kier alpha value is -1.75. The van der Waals surface area contributed by atoms with Crippen molar-refractivity contribution in [1.82, 2.24) is 0 Å². The summed E-state index contributed by atoms with van der Waals surface area (Å²) < 4.78 is 4.90. The molecule has 0 spiro atoms. The molecule has 1 rings (SSSR count). The summed E-state index contributed by atoms with van der Waals surface area (Å²) >= 11 is 5.72. The van der Waals surface area contributed by atoms with Gasteiger partial charge in [-0.25, -0.2) is 9.59 Å². The van der Waals surface area contributed by atoms with E-state index in [-0.39, 0.29) is 17.7 Å². The number of nitrogens with two attached hydrogens (primary N) is 1. The van der Waals surface area contributed by atoms with E-state index in [9.17, 15) is 9.59 Å². The maximum Gasteiger partial charge on any atom is 0.345 e. The van der Waals surface area contributed by atoms with Crippen LogP contribution in [0.5, 0.6) is 0 Å². The van der Waals surface area contributed by atoms with Gasteiger partial charge in [-0.15, -0.1) is 0 Å². The molecular formula is C12H14ClNO4. The van der Waals surface area contributed by atoms with Crippen LogP contribution < -0.4 is 5.73 Å². The van der Waals surface area contributed by atoms with Crippen molar-refractivity contribution in [2.75, 3.05) is 5.73 Å². The molecule has 0 aliphatic heterocycles. The van der Waals surface area contributed by atoms with Crippen LogP contribution in [0.15, 0.2) is 18.2 Å².